The van der Waals surface area contributed by atoms with Crippen molar-refractivity contribution in [2.24, 2.45) is 5.92 Å². The first kappa shape index (κ1) is 8.24. The highest BCUT2D eigenvalue weighted by atomic mass is 16.1. The minimum atomic E-state index is 0.272. The van der Waals surface area contributed by atoms with Gasteiger partial charge < -0.3 is 0 Å². The number of nitrogens with zero attached hydrogens (tertiary/aromatic N) is 1. The lowest BCUT2D eigenvalue weighted by atomic mass is 9.95. The normalized spacial score (nSPS) is 42.2. The lowest BCUT2D eigenvalue weighted by Crippen LogP contribution is -2.43. The molecule has 2 bridgehead atoms. The number of hydrogen-bond acceptors (Lipinski definition) is 2. The Kier molecular flexibility index (Phi) is 1.95. The third-order valence-corrected chi connectivity index (χ3v) is 3.67. The van der Waals surface area contributed by atoms with Crippen molar-refractivity contribution in [1.29, 1.82) is 0 Å². The number of rotatable bonds is 1. The van der Waals surface area contributed by atoms with E-state index in [1.807, 2.05) is 0 Å². The molecule has 2 saturated heterocycles. The van der Waals surface area contributed by atoms with Crippen LogP contribution >= 0.6 is 0 Å². The summed E-state index contributed by atoms with van der Waals surface area (Å²) < 4.78 is 0. The van der Waals surface area contributed by atoms with Crippen LogP contribution in [0.25, 0.3) is 0 Å². The minimum Gasteiger partial charge on any atom is -0.298 e. The Morgan fingerprint density at radius 2 is 2.33 bits per heavy atom. The lowest BCUT2D eigenvalue weighted by molar-refractivity contribution is -0.125. The second-order valence-corrected chi connectivity index (χ2v) is 4.16. The molecule has 0 spiro atoms. The molecule has 0 N–H and O–H groups in total. The van der Waals surface area contributed by atoms with E-state index in [9.17, 15) is 4.79 Å². The van der Waals surface area contributed by atoms with Gasteiger partial charge in [0, 0.05) is 12.5 Å². The van der Waals surface area contributed by atoms with Gasteiger partial charge in [0.1, 0.15) is 5.78 Å². The summed E-state index contributed by atoms with van der Waals surface area (Å²) in [5, 5.41) is 0. The first-order chi connectivity index (χ1) is 5.74. The van der Waals surface area contributed by atoms with Gasteiger partial charge in [-0.05, 0) is 25.8 Å². The molecule has 2 aliphatic rings. The van der Waals surface area contributed by atoms with Crippen LogP contribution in [-0.2, 0) is 4.79 Å². The van der Waals surface area contributed by atoms with Crippen LogP contribution in [0.4, 0.5) is 0 Å². The highest BCUT2D eigenvalue weighted by Crippen LogP contribution is 2.38. The number of hydrogen-bond donors (Lipinski definition) is 0. The maximum atomic E-state index is 11.5. The zero-order valence-corrected chi connectivity index (χ0v) is 7.92. The van der Waals surface area contributed by atoms with E-state index in [2.05, 4.69) is 18.9 Å². The second kappa shape index (κ2) is 2.84. The quantitative estimate of drug-likeness (QED) is 0.589. The molecule has 2 heterocycles. The maximum absolute atomic E-state index is 11.5. The standard InChI is InChI=1S/C10H17NO/c1-3-7-6-9-10(12)5-4-8(7)11(9)2/h7-9H,3-6H2,1-2H3. The topological polar surface area (TPSA) is 20.3 Å². The van der Waals surface area contributed by atoms with Crippen LogP contribution in [0.5, 0.6) is 0 Å². The Bertz CT molecular complexity index is 202. The van der Waals surface area contributed by atoms with Crippen molar-refractivity contribution in [2.75, 3.05) is 7.05 Å². The van der Waals surface area contributed by atoms with E-state index in [1.54, 1.807) is 0 Å². The van der Waals surface area contributed by atoms with Crippen LogP contribution in [-0.4, -0.2) is 29.8 Å². The van der Waals surface area contributed by atoms with Crippen molar-refractivity contribution in [3.8, 4) is 0 Å². The molecular weight excluding hydrogens is 150 g/mol. The van der Waals surface area contributed by atoms with Gasteiger partial charge in [-0.15, -0.1) is 0 Å². The average Bonchev–Trinajstić information content (AvgIpc) is 2.26. The average molecular weight is 167 g/mol. The third kappa shape index (κ3) is 1.01. The van der Waals surface area contributed by atoms with E-state index in [0.717, 1.165) is 25.2 Å². The molecule has 2 aliphatic heterocycles. The summed E-state index contributed by atoms with van der Waals surface area (Å²) in [6, 6.07) is 0.978. The molecule has 2 heteroatoms. The van der Waals surface area contributed by atoms with Gasteiger partial charge in [0.2, 0.25) is 0 Å². The van der Waals surface area contributed by atoms with Gasteiger partial charge in [0.15, 0.2) is 0 Å². The van der Waals surface area contributed by atoms with Crippen molar-refractivity contribution in [2.45, 2.75) is 44.7 Å². The number of Topliss-reactive ketones (excluding diaryl/α,β-unsaturated/α-hetero) is 1. The maximum Gasteiger partial charge on any atom is 0.150 e. The monoisotopic (exact) mass is 167 g/mol. The summed E-state index contributed by atoms with van der Waals surface area (Å²) in [4.78, 5) is 13.8. The zero-order chi connectivity index (χ0) is 8.72. The highest BCUT2D eigenvalue weighted by molar-refractivity contribution is 5.85. The molecule has 2 nitrogen and oxygen atoms in total. The van der Waals surface area contributed by atoms with Crippen molar-refractivity contribution < 1.29 is 4.79 Å². The second-order valence-electron chi connectivity index (χ2n) is 4.16. The predicted octanol–water partition coefficient (Wildman–Crippen LogP) is 1.45. The molecule has 0 aromatic carbocycles. The Labute approximate surface area is 73.9 Å². The third-order valence-electron chi connectivity index (χ3n) is 3.67. The Morgan fingerprint density at radius 1 is 1.58 bits per heavy atom. The fraction of sp³-hybridized carbons (Fsp3) is 0.900. The highest BCUT2D eigenvalue weighted by Gasteiger charge is 2.44. The fourth-order valence-electron chi connectivity index (χ4n) is 2.87. The van der Waals surface area contributed by atoms with Crippen LogP contribution in [0.3, 0.4) is 0 Å². The smallest absolute Gasteiger partial charge is 0.150 e. The molecule has 68 valence electrons. The summed E-state index contributed by atoms with van der Waals surface area (Å²) in [5.74, 6) is 1.26. The van der Waals surface area contributed by atoms with Gasteiger partial charge in [-0.1, -0.05) is 13.3 Å². The van der Waals surface area contributed by atoms with Gasteiger partial charge in [0.25, 0.3) is 0 Å². The first-order valence-corrected chi connectivity index (χ1v) is 4.98. The molecule has 0 radical (unpaired) electrons. The number of likely N-dealkylation sites (N-methyl/N-ethyl adjacent to an activating group) is 1. The molecule has 3 atom stereocenters. The summed E-state index contributed by atoms with van der Waals surface area (Å²) in [6.45, 7) is 2.24. The minimum absolute atomic E-state index is 0.272. The van der Waals surface area contributed by atoms with Gasteiger partial charge >= 0.3 is 0 Å². The van der Waals surface area contributed by atoms with E-state index in [4.69, 9.17) is 0 Å². The van der Waals surface area contributed by atoms with Gasteiger partial charge in [-0.2, -0.15) is 0 Å². The van der Waals surface area contributed by atoms with Crippen LogP contribution in [0, 0.1) is 5.92 Å². The molecule has 2 rings (SSSR count). The van der Waals surface area contributed by atoms with Crippen LogP contribution in [0.2, 0.25) is 0 Å². The largest absolute Gasteiger partial charge is 0.298 e. The molecule has 0 saturated carbocycles. The summed E-state index contributed by atoms with van der Waals surface area (Å²) >= 11 is 0. The lowest BCUT2D eigenvalue weighted by Gasteiger charge is -2.31. The number of carbonyl (C=O) groups is 1. The van der Waals surface area contributed by atoms with Gasteiger partial charge in [0.05, 0.1) is 6.04 Å². The van der Waals surface area contributed by atoms with Crippen molar-refractivity contribution in [3.63, 3.8) is 0 Å². The number of carbonyl (C=O) groups excluding carboxylic acids is 1. The van der Waals surface area contributed by atoms with Crippen molar-refractivity contribution in [3.05, 3.63) is 0 Å². The molecular formula is C10H17NO. The van der Waals surface area contributed by atoms with Crippen LogP contribution < -0.4 is 0 Å². The van der Waals surface area contributed by atoms with Gasteiger partial charge in [-0.25, -0.2) is 0 Å². The molecule has 12 heavy (non-hydrogen) atoms. The number of ketones is 1. The summed E-state index contributed by atoms with van der Waals surface area (Å²) in [6.07, 6.45) is 4.29. The van der Waals surface area contributed by atoms with E-state index < -0.39 is 0 Å². The molecule has 0 aliphatic carbocycles. The fourth-order valence-corrected chi connectivity index (χ4v) is 2.87. The van der Waals surface area contributed by atoms with Crippen molar-refractivity contribution in [1.82, 2.24) is 4.90 Å². The Morgan fingerprint density at radius 3 is 2.92 bits per heavy atom. The SMILES string of the molecule is CCC1CC2C(=O)CCC1N2C. The van der Waals surface area contributed by atoms with Crippen molar-refractivity contribution >= 4 is 5.78 Å². The van der Waals surface area contributed by atoms with E-state index in [-0.39, 0.29) is 6.04 Å². The first-order valence-electron chi connectivity index (χ1n) is 4.98. The number of fused-ring (bicyclic) bond motifs is 2. The molecule has 0 amide bonds. The van der Waals surface area contributed by atoms with Crippen LogP contribution in [0.15, 0.2) is 0 Å². The van der Waals surface area contributed by atoms with Crippen LogP contribution in [0.1, 0.15) is 32.6 Å². The Balaban J connectivity index is 2.18. The number of piperidine rings is 1. The zero-order valence-electron chi connectivity index (χ0n) is 7.92. The summed E-state index contributed by atoms with van der Waals surface area (Å²) in [7, 11) is 2.11. The Hall–Kier alpha value is -0.370. The van der Waals surface area contributed by atoms with E-state index in [0.29, 0.717) is 11.8 Å². The molecule has 2 fully saturated rings. The van der Waals surface area contributed by atoms with E-state index in [1.165, 1.54) is 6.42 Å². The molecule has 3 unspecified atom stereocenters. The molecule has 0 aromatic heterocycles. The molecule has 0 aromatic rings. The summed E-state index contributed by atoms with van der Waals surface area (Å²) in [5.41, 5.74) is 0. The predicted molar refractivity (Wildman–Crippen MR) is 48.0 cm³/mol. The van der Waals surface area contributed by atoms with E-state index >= 15 is 0 Å². The van der Waals surface area contributed by atoms with Gasteiger partial charge in [-0.3, -0.25) is 9.69 Å².